The molecule has 1 aliphatic carbocycles. The first-order chi connectivity index (χ1) is 8.61. The van der Waals surface area contributed by atoms with Crippen LogP contribution in [0.3, 0.4) is 0 Å². The van der Waals surface area contributed by atoms with Gasteiger partial charge in [-0.2, -0.15) is 0 Å². The van der Waals surface area contributed by atoms with Gasteiger partial charge in [-0.25, -0.2) is 0 Å². The fourth-order valence-corrected chi connectivity index (χ4v) is 3.78. The average molecular weight is 332 g/mol. The van der Waals surface area contributed by atoms with Crippen LogP contribution in [0.25, 0.3) is 0 Å². The van der Waals surface area contributed by atoms with E-state index < -0.39 is 0 Å². The molecule has 1 nitrogen and oxygen atoms in total. The van der Waals surface area contributed by atoms with Gasteiger partial charge in [0.15, 0.2) is 0 Å². The van der Waals surface area contributed by atoms with E-state index in [-0.39, 0.29) is 0 Å². The summed E-state index contributed by atoms with van der Waals surface area (Å²) in [5, 5.41) is 0.698. The van der Waals surface area contributed by atoms with Crippen molar-refractivity contribution in [2.75, 3.05) is 7.11 Å². The summed E-state index contributed by atoms with van der Waals surface area (Å²) >= 11 is 10.0. The predicted molar refractivity (Wildman–Crippen MR) is 80.8 cm³/mol. The molecule has 0 aromatic heterocycles. The van der Waals surface area contributed by atoms with Gasteiger partial charge in [0, 0.05) is 4.83 Å². The van der Waals surface area contributed by atoms with Gasteiger partial charge in [-0.15, -0.1) is 0 Å². The lowest BCUT2D eigenvalue weighted by Gasteiger charge is -2.30. The summed E-state index contributed by atoms with van der Waals surface area (Å²) in [6.07, 6.45) is 5.30. The Bertz CT molecular complexity index is 399. The molecule has 1 aromatic rings. The molecule has 0 bridgehead atoms. The van der Waals surface area contributed by atoms with E-state index in [1.54, 1.807) is 7.11 Å². The van der Waals surface area contributed by atoms with E-state index in [1.165, 1.54) is 31.2 Å². The van der Waals surface area contributed by atoms with E-state index in [9.17, 15) is 0 Å². The van der Waals surface area contributed by atoms with Crippen LogP contribution in [0.15, 0.2) is 18.2 Å². The topological polar surface area (TPSA) is 9.23 Å². The second kappa shape index (κ2) is 6.29. The average Bonchev–Trinajstić information content (AvgIpc) is 2.38. The predicted octanol–water partition coefficient (Wildman–Crippen LogP) is 5.61. The van der Waals surface area contributed by atoms with Crippen LogP contribution in [0.5, 0.6) is 5.75 Å². The Kier molecular flexibility index (Phi) is 4.97. The quantitative estimate of drug-likeness (QED) is 0.654. The van der Waals surface area contributed by atoms with Gasteiger partial charge in [0.2, 0.25) is 0 Å². The van der Waals surface area contributed by atoms with Crippen molar-refractivity contribution in [1.82, 2.24) is 0 Å². The maximum absolute atomic E-state index is 6.19. The fraction of sp³-hybridized carbons (Fsp3) is 0.600. The molecule has 2 rings (SSSR count). The van der Waals surface area contributed by atoms with Crippen molar-refractivity contribution in [3.63, 3.8) is 0 Å². The summed E-state index contributed by atoms with van der Waals surface area (Å²) in [7, 11) is 1.65. The minimum Gasteiger partial charge on any atom is -0.495 e. The Morgan fingerprint density at radius 3 is 2.50 bits per heavy atom. The van der Waals surface area contributed by atoms with Crippen LogP contribution in [-0.4, -0.2) is 7.11 Å². The molecule has 1 saturated carbocycles. The van der Waals surface area contributed by atoms with Crippen LogP contribution in [0, 0.1) is 11.8 Å². The molecule has 3 heteroatoms. The largest absolute Gasteiger partial charge is 0.495 e. The SMILES string of the molecule is COc1ccc(C(Br)C2CCC(C)CC2)cc1Cl. The lowest BCUT2D eigenvalue weighted by molar-refractivity contribution is 0.287. The van der Waals surface area contributed by atoms with Crippen molar-refractivity contribution in [3.05, 3.63) is 28.8 Å². The fourth-order valence-electron chi connectivity index (χ4n) is 2.70. The third-order valence-corrected chi connectivity index (χ3v) is 5.54. The molecule has 18 heavy (non-hydrogen) atoms. The number of hydrogen-bond acceptors (Lipinski definition) is 1. The second-order valence-corrected chi connectivity index (χ2v) is 6.71. The van der Waals surface area contributed by atoms with Gasteiger partial charge in [0.1, 0.15) is 5.75 Å². The van der Waals surface area contributed by atoms with Gasteiger partial charge in [0.25, 0.3) is 0 Å². The zero-order valence-corrected chi connectivity index (χ0v) is 13.3. The molecule has 100 valence electrons. The zero-order chi connectivity index (χ0) is 13.1. The minimum absolute atomic E-state index is 0.411. The minimum atomic E-state index is 0.411. The number of hydrogen-bond donors (Lipinski definition) is 0. The number of rotatable bonds is 3. The van der Waals surface area contributed by atoms with Crippen molar-refractivity contribution in [2.45, 2.75) is 37.4 Å². The highest BCUT2D eigenvalue weighted by Crippen LogP contribution is 2.42. The van der Waals surface area contributed by atoms with E-state index in [0.29, 0.717) is 9.85 Å². The summed E-state index contributed by atoms with van der Waals surface area (Å²) in [6, 6.07) is 6.09. The van der Waals surface area contributed by atoms with Gasteiger partial charge < -0.3 is 4.74 Å². The Labute approximate surface area is 123 Å². The Hall–Kier alpha value is -0.210. The van der Waals surface area contributed by atoms with Gasteiger partial charge in [-0.3, -0.25) is 0 Å². The van der Waals surface area contributed by atoms with Gasteiger partial charge >= 0.3 is 0 Å². The molecule has 0 radical (unpaired) electrons. The van der Waals surface area contributed by atoms with Crippen LogP contribution in [0.2, 0.25) is 5.02 Å². The first-order valence-corrected chi connectivity index (χ1v) is 7.88. The van der Waals surface area contributed by atoms with Crippen molar-refractivity contribution in [3.8, 4) is 5.75 Å². The van der Waals surface area contributed by atoms with Crippen LogP contribution < -0.4 is 4.74 Å². The molecule has 0 aliphatic heterocycles. The van der Waals surface area contributed by atoms with E-state index in [2.05, 4.69) is 28.9 Å². The summed E-state index contributed by atoms with van der Waals surface area (Å²) < 4.78 is 5.19. The van der Waals surface area contributed by atoms with Crippen LogP contribution >= 0.6 is 27.5 Å². The molecule has 0 saturated heterocycles. The number of ether oxygens (including phenoxy) is 1. The van der Waals surface area contributed by atoms with E-state index >= 15 is 0 Å². The maximum atomic E-state index is 6.19. The number of methoxy groups -OCH3 is 1. The molecule has 0 heterocycles. The highest BCUT2D eigenvalue weighted by atomic mass is 79.9. The van der Waals surface area contributed by atoms with Crippen molar-refractivity contribution in [2.24, 2.45) is 11.8 Å². The highest BCUT2D eigenvalue weighted by Gasteiger charge is 2.25. The van der Waals surface area contributed by atoms with Crippen LogP contribution in [0.1, 0.15) is 43.0 Å². The number of alkyl halides is 1. The first kappa shape index (κ1) is 14.2. The summed E-state index contributed by atoms with van der Waals surface area (Å²) in [6.45, 7) is 2.35. The monoisotopic (exact) mass is 330 g/mol. The molecule has 0 N–H and O–H groups in total. The Morgan fingerprint density at radius 1 is 1.28 bits per heavy atom. The molecule has 0 amide bonds. The van der Waals surface area contributed by atoms with E-state index in [1.807, 2.05) is 12.1 Å². The lowest BCUT2D eigenvalue weighted by atomic mass is 9.80. The van der Waals surface area contributed by atoms with Crippen molar-refractivity contribution >= 4 is 27.5 Å². The maximum Gasteiger partial charge on any atom is 0.137 e. The number of benzene rings is 1. The standard InChI is InChI=1S/C15H20BrClO/c1-10-3-5-11(6-4-10)15(16)12-7-8-14(18-2)13(17)9-12/h7-11,15H,3-6H2,1-2H3. The number of halogens is 2. The summed E-state index contributed by atoms with van der Waals surface area (Å²) in [4.78, 5) is 0.411. The van der Waals surface area contributed by atoms with Gasteiger partial charge in [-0.05, 0) is 42.4 Å². The van der Waals surface area contributed by atoms with Crippen molar-refractivity contribution in [1.29, 1.82) is 0 Å². The Morgan fingerprint density at radius 2 is 1.94 bits per heavy atom. The third-order valence-electron chi connectivity index (χ3n) is 3.97. The van der Waals surface area contributed by atoms with E-state index in [0.717, 1.165) is 17.6 Å². The third kappa shape index (κ3) is 3.21. The van der Waals surface area contributed by atoms with Gasteiger partial charge in [-0.1, -0.05) is 53.4 Å². The molecule has 1 aromatic carbocycles. The zero-order valence-electron chi connectivity index (χ0n) is 11.0. The second-order valence-electron chi connectivity index (χ2n) is 5.32. The molecule has 1 unspecified atom stereocenters. The van der Waals surface area contributed by atoms with Gasteiger partial charge in [0.05, 0.1) is 12.1 Å². The molecular formula is C15H20BrClO. The normalized spacial score (nSPS) is 25.8. The Balaban J connectivity index is 2.08. The van der Waals surface area contributed by atoms with Crippen molar-refractivity contribution < 1.29 is 4.74 Å². The van der Waals surface area contributed by atoms with E-state index in [4.69, 9.17) is 16.3 Å². The first-order valence-electron chi connectivity index (χ1n) is 6.59. The molecule has 0 spiro atoms. The highest BCUT2D eigenvalue weighted by molar-refractivity contribution is 9.09. The van der Waals surface area contributed by atoms with Crippen LogP contribution in [0.4, 0.5) is 0 Å². The molecule has 1 atom stereocenters. The molecule has 1 aliphatic rings. The smallest absolute Gasteiger partial charge is 0.137 e. The summed E-state index contributed by atoms with van der Waals surface area (Å²) in [5.74, 6) is 2.36. The molecular weight excluding hydrogens is 312 g/mol. The lowest BCUT2D eigenvalue weighted by Crippen LogP contribution is -2.16. The van der Waals surface area contributed by atoms with Crippen LogP contribution in [-0.2, 0) is 0 Å². The molecule has 1 fully saturated rings. The summed E-state index contributed by atoms with van der Waals surface area (Å²) in [5.41, 5.74) is 1.26.